The number of nitro groups is 2. The zero-order valence-corrected chi connectivity index (χ0v) is 15.5. The molecule has 0 aliphatic carbocycles. The number of benzene rings is 2. The lowest BCUT2D eigenvalue weighted by atomic mass is 10.1. The fourth-order valence-corrected chi connectivity index (χ4v) is 2.53. The summed E-state index contributed by atoms with van der Waals surface area (Å²) < 4.78 is 0. The Bertz CT molecular complexity index is 920. The number of hydrogen-bond donors (Lipinski definition) is 1. The van der Waals surface area contributed by atoms with Gasteiger partial charge < -0.3 is 10.2 Å². The van der Waals surface area contributed by atoms with Crippen LogP contribution in [0, 0.1) is 34.1 Å². The summed E-state index contributed by atoms with van der Waals surface area (Å²) in [6.07, 6.45) is 0. The first-order chi connectivity index (χ1) is 13.1. The van der Waals surface area contributed by atoms with Crippen LogP contribution in [0.3, 0.4) is 0 Å². The normalized spacial score (nSPS) is 10.2. The van der Waals surface area contributed by atoms with Crippen LogP contribution in [-0.2, 0) is 4.79 Å². The van der Waals surface area contributed by atoms with E-state index in [9.17, 15) is 29.8 Å². The number of nitrogens with zero attached hydrogens (tertiary/aromatic N) is 3. The maximum absolute atomic E-state index is 12.5. The van der Waals surface area contributed by atoms with Crippen molar-refractivity contribution in [3.05, 3.63) is 73.3 Å². The number of aryl methyl sites for hydroxylation is 1. The van der Waals surface area contributed by atoms with Gasteiger partial charge in [-0.3, -0.25) is 29.8 Å². The molecule has 0 atom stereocenters. The molecule has 0 spiro atoms. The van der Waals surface area contributed by atoms with E-state index in [1.165, 1.54) is 14.0 Å². The third-order valence-electron chi connectivity index (χ3n) is 4.06. The molecule has 2 amide bonds. The van der Waals surface area contributed by atoms with Crippen LogP contribution in [0.1, 0.15) is 21.5 Å². The van der Waals surface area contributed by atoms with Crippen molar-refractivity contribution in [2.24, 2.45) is 0 Å². The number of nitro benzene ring substituents is 2. The number of hydrogen-bond acceptors (Lipinski definition) is 6. The van der Waals surface area contributed by atoms with Crippen molar-refractivity contribution in [3.63, 3.8) is 0 Å². The molecule has 1 N–H and O–H groups in total. The highest BCUT2D eigenvalue weighted by Crippen LogP contribution is 2.29. The van der Waals surface area contributed by atoms with Crippen molar-refractivity contribution in [3.8, 4) is 0 Å². The zero-order chi connectivity index (χ0) is 21.0. The van der Waals surface area contributed by atoms with Gasteiger partial charge in [-0.2, -0.15) is 0 Å². The minimum Gasteiger partial charge on any atom is -0.332 e. The predicted octanol–water partition coefficient (Wildman–Crippen LogP) is 2.83. The van der Waals surface area contributed by atoms with Crippen LogP contribution in [0.2, 0.25) is 0 Å². The third-order valence-corrected chi connectivity index (χ3v) is 4.06. The van der Waals surface area contributed by atoms with E-state index in [1.54, 1.807) is 12.1 Å². The number of anilines is 1. The van der Waals surface area contributed by atoms with Crippen molar-refractivity contribution in [2.75, 3.05) is 18.9 Å². The Morgan fingerprint density at radius 1 is 1.00 bits per heavy atom. The van der Waals surface area contributed by atoms with E-state index in [-0.39, 0.29) is 17.7 Å². The molecule has 2 aromatic carbocycles. The molecule has 0 unspecified atom stereocenters. The molecule has 0 saturated heterocycles. The molecule has 10 nitrogen and oxygen atoms in total. The van der Waals surface area contributed by atoms with Gasteiger partial charge >= 0.3 is 0 Å². The maximum Gasteiger partial charge on any atom is 0.279 e. The SMILES string of the molecule is Cc1ccc(NC(=O)CN(C)C(=O)c2cc([N+](=O)[O-])c(C)c([N+](=O)[O-])c2)cc1. The molecule has 28 heavy (non-hydrogen) atoms. The predicted molar refractivity (Wildman–Crippen MR) is 101 cm³/mol. The van der Waals surface area contributed by atoms with Gasteiger partial charge in [-0.15, -0.1) is 0 Å². The van der Waals surface area contributed by atoms with Gasteiger partial charge in [-0.05, 0) is 26.0 Å². The fourth-order valence-electron chi connectivity index (χ4n) is 2.53. The summed E-state index contributed by atoms with van der Waals surface area (Å²) in [6, 6.07) is 8.99. The molecular weight excluding hydrogens is 368 g/mol. The molecule has 10 heteroatoms. The van der Waals surface area contributed by atoms with Crippen LogP contribution in [0.15, 0.2) is 36.4 Å². The number of nitrogens with one attached hydrogen (secondary N) is 1. The lowest BCUT2D eigenvalue weighted by molar-refractivity contribution is -0.395. The van der Waals surface area contributed by atoms with Gasteiger partial charge in [0, 0.05) is 24.9 Å². The topological polar surface area (TPSA) is 136 Å². The molecule has 0 aliphatic rings. The van der Waals surface area contributed by atoms with Crippen molar-refractivity contribution in [1.29, 1.82) is 0 Å². The van der Waals surface area contributed by atoms with Gasteiger partial charge in [-0.25, -0.2) is 0 Å². The minimum atomic E-state index is -0.788. The summed E-state index contributed by atoms with van der Waals surface area (Å²) in [4.78, 5) is 46.4. The average molecular weight is 386 g/mol. The van der Waals surface area contributed by atoms with Crippen LogP contribution in [0.25, 0.3) is 0 Å². The highest BCUT2D eigenvalue weighted by molar-refractivity contribution is 6.00. The molecule has 0 aromatic heterocycles. The average Bonchev–Trinajstić information content (AvgIpc) is 2.62. The number of likely N-dealkylation sites (N-methyl/N-ethyl adjacent to an activating group) is 1. The summed E-state index contributed by atoms with van der Waals surface area (Å²) in [5.41, 5.74) is 0.122. The van der Waals surface area contributed by atoms with Crippen molar-refractivity contribution >= 4 is 28.9 Å². The molecule has 0 fully saturated rings. The molecular formula is C18H18N4O6. The summed E-state index contributed by atoms with van der Waals surface area (Å²) in [6.45, 7) is 2.81. The highest BCUT2D eigenvalue weighted by Gasteiger charge is 2.27. The largest absolute Gasteiger partial charge is 0.332 e. The van der Waals surface area contributed by atoms with Crippen LogP contribution >= 0.6 is 0 Å². The van der Waals surface area contributed by atoms with E-state index in [4.69, 9.17) is 0 Å². The van der Waals surface area contributed by atoms with Gasteiger partial charge in [0.15, 0.2) is 0 Å². The fraction of sp³-hybridized carbons (Fsp3) is 0.222. The van der Waals surface area contributed by atoms with Gasteiger partial charge in [0.2, 0.25) is 5.91 Å². The Hall–Kier alpha value is -3.82. The van der Waals surface area contributed by atoms with Crippen LogP contribution in [0.5, 0.6) is 0 Å². The lowest BCUT2D eigenvalue weighted by Crippen LogP contribution is -2.35. The maximum atomic E-state index is 12.5. The molecule has 2 aromatic rings. The molecule has 0 radical (unpaired) electrons. The van der Waals surface area contributed by atoms with E-state index in [0.717, 1.165) is 22.6 Å². The highest BCUT2D eigenvalue weighted by atomic mass is 16.6. The Balaban J connectivity index is 2.20. The molecule has 146 valence electrons. The van der Waals surface area contributed by atoms with E-state index in [1.807, 2.05) is 19.1 Å². The van der Waals surface area contributed by atoms with Crippen molar-refractivity contribution in [2.45, 2.75) is 13.8 Å². The first-order valence-electron chi connectivity index (χ1n) is 8.15. The summed E-state index contributed by atoms with van der Waals surface area (Å²) >= 11 is 0. The first-order valence-corrected chi connectivity index (χ1v) is 8.15. The second-order valence-corrected chi connectivity index (χ2v) is 6.23. The van der Waals surface area contributed by atoms with Gasteiger partial charge in [0.25, 0.3) is 17.3 Å². The third kappa shape index (κ3) is 4.67. The van der Waals surface area contributed by atoms with E-state index in [0.29, 0.717) is 5.69 Å². The summed E-state index contributed by atoms with van der Waals surface area (Å²) in [7, 11) is 1.33. The number of carbonyl (C=O) groups is 2. The molecule has 2 rings (SSSR count). The Labute approximate surface area is 160 Å². The molecule has 0 heterocycles. The molecule has 0 bridgehead atoms. The lowest BCUT2D eigenvalue weighted by Gasteiger charge is -2.17. The Morgan fingerprint density at radius 3 is 1.96 bits per heavy atom. The Morgan fingerprint density at radius 2 is 1.50 bits per heavy atom. The van der Waals surface area contributed by atoms with Crippen molar-refractivity contribution < 1.29 is 19.4 Å². The van der Waals surface area contributed by atoms with Gasteiger partial charge in [0.1, 0.15) is 5.56 Å². The number of carbonyl (C=O) groups excluding carboxylic acids is 2. The number of rotatable bonds is 6. The van der Waals surface area contributed by atoms with Gasteiger partial charge in [-0.1, -0.05) is 17.7 Å². The summed E-state index contributed by atoms with van der Waals surface area (Å²) in [5.74, 6) is -1.22. The molecule has 0 aliphatic heterocycles. The summed E-state index contributed by atoms with van der Waals surface area (Å²) in [5, 5.41) is 24.9. The second-order valence-electron chi connectivity index (χ2n) is 6.23. The van der Waals surface area contributed by atoms with E-state index < -0.39 is 33.0 Å². The molecule has 0 saturated carbocycles. The zero-order valence-electron chi connectivity index (χ0n) is 15.5. The van der Waals surface area contributed by atoms with E-state index in [2.05, 4.69) is 5.32 Å². The van der Waals surface area contributed by atoms with E-state index >= 15 is 0 Å². The van der Waals surface area contributed by atoms with Crippen molar-refractivity contribution in [1.82, 2.24) is 4.90 Å². The monoisotopic (exact) mass is 386 g/mol. The smallest absolute Gasteiger partial charge is 0.279 e. The first kappa shape index (κ1) is 20.5. The Kier molecular flexibility index (Phi) is 6.04. The standard InChI is InChI=1S/C18H18N4O6/c1-11-4-6-14(7-5-11)19-17(23)10-20(3)18(24)13-8-15(21(25)26)12(2)16(9-13)22(27)28/h4-9H,10H2,1-3H3,(H,19,23). The van der Waals surface area contributed by atoms with Gasteiger partial charge in [0.05, 0.1) is 22.0 Å². The van der Waals surface area contributed by atoms with Crippen LogP contribution in [0.4, 0.5) is 17.1 Å². The quantitative estimate of drug-likeness (QED) is 0.599. The second kappa shape index (κ2) is 8.25. The minimum absolute atomic E-state index is 0.147. The van der Waals surface area contributed by atoms with Crippen LogP contribution in [-0.4, -0.2) is 40.2 Å². The van der Waals surface area contributed by atoms with Crippen LogP contribution < -0.4 is 5.32 Å². The number of amides is 2.